The van der Waals surface area contributed by atoms with Gasteiger partial charge in [-0.1, -0.05) is 60.7 Å². The van der Waals surface area contributed by atoms with E-state index in [9.17, 15) is 23.1 Å². The van der Waals surface area contributed by atoms with Crippen molar-refractivity contribution in [2.24, 2.45) is 5.92 Å². The number of aliphatic carboxylic acids is 1. The molecule has 1 fully saturated rings. The lowest BCUT2D eigenvalue weighted by atomic mass is 9.93. The normalized spacial score (nSPS) is 18.1. The van der Waals surface area contributed by atoms with Crippen LogP contribution in [0.2, 0.25) is 0 Å². The summed E-state index contributed by atoms with van der Waals surface area (Å²) < 4.78 is 28.8. The maximum Gasteiger partial charge on any atom is 0.326 e. The third-order valence-corrected chi connectivity index (χ3v) is 8.85. The third kappa shape index (κ3) is 8.50. The molecule has 3 atom stereocenters. The van der Waals surface area contributed by atoms with Gasteiger partial charge in [-0.25, -0.2) is 13.2 Å². The Hall–Kier alpha value is -3.53. The van der Waals surface area contributed by atoms with Crippen LogP contribution in [-0.4, -0.2) is 74.7 Å². The predicted octanol–water partition coefficient (Wildman–Crippen LogP) is 4.36. The highest BCUT2D eigenvalue weighted by Gasteiger charge is 2.32. The lowest BCUT2D eigenvalue weighted by Crippen LogP contribution is -2.42. The second kappa shape index (κ2) is 14.1. The number of rotatable bonds is 13. The van der Waals surface area contributed by atoms with Crippen LogP contribution in [0.15, 0.2) is 72.8 Å². The molecular weight excluding hydrogens is 552 g/mol. The molecule has 224 valence electrons. The summed E-state index contributed by atoms with van der Waals surface area (Å²) in [5, 5.41) is 12.2. The van der Waals surface area contributed by atoms with Gasteiger partial charge < -0.3 is 15.2 Å². The van der Waals surface area contributed by atoms with Crippen LogP contribution in [0.5, 0.6) is 0 Å². The standard InChI is InChI=1S/C33H40N2O6S/c1-23-9-7-8-12-28(23)30-19-25(13-14-29(30)32(36)34-31(33(37)38)15-16-42(3,39)40)20-35-21-26(18-27(35)22-41-2)17-24-10-5-4-6-11-24/h4-14,19,26-27,31H,15-18,20-22H2,1-3H3,(H,34,36)(H,37,38)/t26?,27-,31?/m0/s1. The van der Waals surface area contributed by atoms with E-state index in [0.29, 0.717) is 30.2 Å². The monoisotopic (exact) mass is 592 g/mol. The molecule has 3 aromatic carbocycles. The Bertz CT molecular complexity index is 1490. The summed E-state index contributed by atoms with van der Waals surface area (Å²) in [5.74, 6) is -1.66. The number of methoxy groups -OCH3 is 1. The largest absolute Gasteiger partial charge is 0.480 e. The number of aryl methyl sites for hydroxylation is 1. The molecule has 1 amide bonds. The zero-order valence-corrected chi connectivity index (χ0v) is 25.3. The lowest BCUT2D eigenvalue weighted by molar-refractivity contribution is -0.139. The van der Waals surface area contributed by atoms with E-state index in [1.54, 1.807) is 13.2 Å². The smallest absolute Gasteiger partial charge is 0.326 e. The van der Waals surface area contributed by atoms with Gasteiger partial charge in [-0.2, -0.15) is 0 Å². The number of sulfone groups is 1. The first-order chi connectivity index (χ1) is 20.0. The maximum atomic E-state index is 13.4. The molecular formula is C33H40N2O6S. The molecule has 0 aromatic heterocycles. The van der Waals surface area contributed by atoms with Gasteiger partial charge in [-0.05, 0) is 72.1 Å². The minimum Gasteiger partial charge on any atom is -0.480 e. The second-order valence-corrected chi connectivity index (χ2v) is 13.6. The molecule has 4 rings (SSSR count). The summed E-state index contributed by atoms with van der Waals surface area (Å²) in [5.41, 5.74) is 5.28. The molecule has 9 heteroatoms. The summed E-state index contributed by atoms with van der Waals surface area (Å²) in [6.45, 7) is 4.23. The van der Waals surface area contributed by atoms with Crippen LogP contribution in [0.4, 0.5) is 0 Å². The summed E-state index contributed by atoms with van der Waals surface area (Å²) in [6, 6.07) is 22.9. The predicted molar refractivity (Wildman–Crippen MR) is 164 cm³/mol. The molecule has 1 heterocycles. The van der Waals surface area contributed by atoms with Crippen LogP contribution >= 0.6 is 0 Å². The second-order valence-electron chi connectivity index (χ2n) is 11.3. The van der Waals surface area contributed by atoms with Gasteiger partial charge in [-0.15, -0.1) is 0 Å². The molecule has 2 N–H and O–H groups in total. The number of carbonyl (C=O) groups excluding carboxylic acids is 1. The Morgan fingerprint density at radius 3 is 2.40 bits per heavy atom. The summed E-state index contributed by atoms with van der Waals surface area (Å²) in [4.78, 5) is 27.7. The summed E-state index contributed by atoms with van der Waals surface area (Å²) in [7, 11) is -1.66. The van der Waals surface area contributed by atoms with E-state index in [4.69, 9.17) is 4.74 Å². The number of hydrogen-bond acceptors (Lipinski definition) is 6. The van der Waals surface area contributed by atoms with Crippen molar-refractivity contribution in [3.05, 3.63) is 95.1 Å². The molecule has 0 spiro atoms. The van der Waals surface area contributed by atoms with Crippen LogP contribution in [-0.2, 0) is 32.3 Å². The fourth-order valence-electron chi connectivity index (χ4n) is 5.79. The van der Waals surface area contributed by atoms with E-state index < -0.39 is 27.8 Å². The molecule has 2 unspecified atom stereocenters. The molecule has 0 radical (unpaired) electrons. The van der Waals surface area contributed by atoms with Crippen molar-refractivity contribution in [1.82, 2.24) is 10.2 Å². The van der Waals surface area contributed by atoms with Gasteiger partial charge in [0.05, 0.1) is 12.4 Å². The molecule has 1 aliphatic rings. The first kappa shape index (κ1) is 31.4. The lowest BCUT2D eigenvalue weighted by Gasteiger charge is -2.24. The number of likely N-dealkylation sites (tertiary alicyclic amines) is 1. The van der Waals surface area contributed by atoms with Crippen molar-refractivity contribution in [1.29, 1.82) is 0 Å². The highest BCUT2D eigenvalue weighted by atomic mass is 32.2. The van der Waals surface area contributed by atoms with Crippen molar-refractivity contribution in [2.75, 3.05) is 32.3 Å². The van der Waals surface area contributed by atoms with Gasteiger partial charge in [0.1, 0.15) is 15.9 Å². The Balaban J connectivity index is 1.60. The topological polar surface area (TPSA) is 113 Å². The van der Waals surface area contributed by atoms with Gasteiger partial charge in [0, 0.05) is 38.1 Å². The van der Waals surface area contributed by atoms with Crippen LogP contribution in [0.1, 0.15) is 39.9 Å². The Kier molecular flexibility index (Phi) is 10.5. The molecule has 0 bridgehead atoms. The minimum atomic E-state index is -3.39. The van der Waals surface area contributed by atoms with Gasteiger partial charge in [0.25, 0.3) is 5.91 Å². The van der Waals surface area contributed by atoms with E-state index in [2.05, 4.69) is 34.5 Å². The average Bonchev–Trinajstić information content (AvgIpc) is 3.31. The first-order valence-electron chi connectivity index (χ1n) is 14.2. The SMILES string of the molecule is COC[C@@H]1CC(Cc2ccccc2)CN1Cc1ccc(C(=O)NC(CCS(C)(=O)=O)C(=O)O)c(-c2ccccc2C)c1. The number of amides is 1. The van der Waals surface area contributed by atoms with E-state index in [-0.39, 0.29) is 18.2 Å². The number of carboxylic acids is 1. The number of hydrogen-bond donors (Lipinski definition) is 2. The quantitative estimate of drug-likeness (QED) is 0.303. The zero-order chi connectivity index (χ0) is 30.3. The number of ether oxygens (including phenoxy) is 1. The number of benzene rings is 3. The number of carbonyl (C=O) groups is 2. The zero-order valence-electron chi connectivity index (χ0n) is 24.5. The fraction of sp³-hybridized carbons (Fsp3) is 0.394. The summed E-state index contributed by atoms with van der Waals surface area (Å²) >= 11 is 0. The molecule has 1 aliphatic heterocycles. The van der Waals surface area contributed by atoms with Crippen LogP contribution in [0.3, 0.4) is 0 Å². The Morgan fingerprint density at radius 2 is 1.74 bits per heavy atom. The number of nitrogens with zero attached hydrogens (tertiary/aromatic N) is 1. The third-order valence-electron chi connectivity index (χ3n) is 7.87. The molecule has 3 aromatic rings. The number of carboxylic acid groups (broad SMARTS) is 1. The highest BCUT2D eigenvalue weighted by Crippen LogP contribution is 2.32. The maximum absolute atomic E-state index is 13.4. The molecule has 0 aliphatic carbocycles. The van der Waals surface area contributed by atoms with E-state index in [1.807, 2.05) is 49.4 Å². The minimum absolute atomic E-state index is 0.211. The van der Waals surface area contributed by atoms with E-state index in [0.717, 1.165) is 42.3 Å². The molecule has 0 saturated carbocycles. The fourth-order valence-corrected chi connectivity index (χ4v) is 6.45. The van der Waals surface area contributed by atoms with Gasteiger partial charge in [0.2, 0.25) is 0 Å². The van der Waals surface area contributed by atoms with Crippen molar-refractivity contribution in [2.45, 2.75) is 44.8 Å². The number of nitrogens with one attached hydrogen (secondary N) is 1. The van der Waals surface area contributed by atoms with Crippen molar-refractivity contribution >= 4 is 21.7 Å². The van der Waals surface area contributed by atoms with Crippen molar-refractivity contribution in [3.8, 4) is 11.1 Å². The van der Waals surface area contributed by atoms with Crippen LogP contribution in [0, 0.1) is 12.8 Å². The van der Waals surface area contributed by atoms with Crippen LogP contribution < -0.4 is 5.32 Å². The molecule has 8 nitrogen and oxygen atoms in total. The Morgan fingerprint density at radius 1 is 1.02 bits per heavy atom. The molecule has 42 heavy (non-hydrogen) atoms. The van der Waals surface area contributed by atoms with E-state index in [1.165, 1.54) is 5.56 Å². The summed E-state index contributed by atoms with van der Waals surface area (Å²) in [6.07, 6.45) is 2.88. The van der Waals surface area contributed by atoms with Gasteiger partial charge >= 0.3 is 5.97 Å². The Labute approximate surface area is 248 Å². The average molecular weight is 593 g/mol. The van der Waals surface area contributed by atoms with Crippen LogP contribution in [0.25, 0.3) is 11.1 Å². The van der Waals surface area contributed by atoms with Gasteiger partial charge in [-0.3, -0.25) is 9.69 Å². The van der Waals surface area contributed by atoms with E-state index >= 15 is 0 Å². The van der Waals surface area contributed by atoms with Crippen molar-refractivity contribution in [3.63, 3.8) is 0 Å². The van der Waals surface area contributed by atoms with Gasteiger partial charge in [0.15, 0.2) is 0 Å². The van der Waals surface area contributed by atoms with Crippen molar-refractivity contribution < 1.29 is 27.9 Å². The molecule has 1 saturated heterocycles. The first-order valence-corrected chi connectivity index (χ1v) is 16.3. The highest BCUT2D eigenvalue weighted by molar-refractivity contribution is 7.90.